The van der Waals surface area contributed by atoms with E-state index in [0.29, 0.717) is 49.5 Å². The molecule has 12 nitrogen and oxygen atoms in total. The number of carbonyl (C=O) groups excluding carboxylic acids is 3. The highest BCUT2D eigenvalue weighted by Crippen LogP contribution is 2.37. The van der Waals surface area contributed by atoms with Gasteiger partial charge in [0.25, 0.3) is 11.8 Å². The topological polar surface area (TPSA) is 143 Å². The summed E-state index contributed by atoms with van der Waals surface area (Å²) in [6.45, 7) is 11.0. The average molecular weight is 624 g/mol. The number of amides is 3. The molecule has 0 spiro atoms. The fraction of sp³-hybridized carbons (Fsp3) is 0.531. The van der Waals surface area contributed by atoms with E-state index in [-0.39, 0.29) is 49.1 Å². The first-order chi connectivity index (χ1) is 21.2. The Balaban J connectivity index is 1.21. The SMILES string of the molecule is CC(C)Oc1cc2c(cc1NC(=O)C(=CN)c1ncccn1)CN(C1CCN(CC3(F)CN(C(=O)OC(C)(C)C)C3)CC1)C2=O. The Labute approximate surface area is 262 Å². The van der Waals surface area contributed by atoms with Gasteiger partial charge in [-0.15, -0.1) is 0 Å². The Morgan fingerprint density at radius 2 is 1.84 bits per heavy atom. The van der Waals surface area contributed by atoms with Gasteiger partial charge in [0.05, 0.1) is 30.5 Å². The number of benzene rings is 1. The standard InChI is InChI=1S/C32H42FN7O5/c1-20(2)44-26-14-23-21(13-25(26)37-28(41)24(15-34)27-35-9-6-10-36-27)16-40(29(23)42)22-7-11-38(12-8-22)17-32(33)18-39(19-32)30(43)45-31(3,4)5/h6,9-10,13-15,20,22H,7-8,11-12,16-19,34H2,1-5H3,(H,37,41). The molecule has 5 rings (SSSR count). The van der Waals surface area contributed by atoms with Crippen LogP contribution in [0.2, 0.25) is 0 Å². The summed E-state index contributed by atoms with van der Waals surface area (Å²) < 4.78 is 26.7. The molecule has 0 saturated carbocycles. The van der Waals surface area contributed by atoms with E-state index in [0.717, 1.165) is 11.8 Å². The molecule has 4 heterocycles. The number of aromatic nitrogens is 2. The van der Waals surface area contributed by atoms with Crippen LogP contribution in [-0.4, -0.2) is 98.7 Å². The van der Waals surface area contributed by atoms with Crippen LogP contribution in [0.1, 0.15) is 69.2 Å². The second kappa shape index (κ2) is 12.6. The molecule has 1 aromatic carbocycles. The predicted molar refractivity (Wildman–Crippen MR) is 166 cm³/mol. The van der Waals surface area contributed by atoms with Crippen molar-refractivity contribution in [2.75, 3.05) is 38.0 Å². The lowest BCUT2D eigenvalue weighted by molar-refractivity contribution is -0.111. The molecule has 0 bridgehead atoms. The quantitative estimate of drug-likeness (QED) is 0.422. The number of nitrogens with one attached hydrogen (secondary N) is 1. The highest BCUT2D eigenvalue weighted by atomic mass is 19.1. The number of piperidine rings is 1. The third kappa shape index (κ3) is 7.35. The summed E-state index contributed by atoms with van der Waals surface area (Å²) in [5.41, 5.74) is 5.49. The Morgan fingerprint density at radius 1 is 1.18 bits per heavy atom. The number of ether oxygens (including phenoxy) is 2. The van der Waals surface area contributed by atoms with E-state index in [1.165, 1.54) is 17.3 Å². The third-order valence-corrected chi connectivity index (χ3v) is 7.97. The van der Waals surface area contributed by atoms with Gasteiger partial charge in [0.15, 0.2) is 11.5 Å². The fourth-order valence-corrected chi connectivity index (χ4v) is 5.97. The van der Waals surface area contributed by atoms with Gasteiger partial charge in [-0.1, -0.05) is 0 Å². The lowest BCUT2D eigenvalue weighted by Gasteiger charge is -2.47. The van der Waals surface area contributed by atoms with Crippen LogP contribution >= 0.6 is 0 Å². The normalized spacial score (nSPS) is 18.9. The van der Waals surface area contributed by atoms with Crippen LogP contribution in [0.4, 0.5) is 14.9 Å². The molecule has 0 aliphatic carbocycles. The summed E-state index contributed by atoms with van der Waals surface area (Å²) in [5.74, 6) is -0.0306. The second-order valence-corrected chi connectivity index (χ2v) is 13.2. The van der Waals surface area contributed by atoms with E-state index in [4.69, 9.17) is 15.2 Å². The summed E-state index contributed by atoms with van der Waals surface area (Å²) >= 11 is 0. The van der Waals surface area contributed by atoms with Gasteiger partial charge in [0, 0.05) is 56.4 Å². The largest absolute Gasteiger partial charge is 0.489 e. The number of nitrogens with two attached hydrogens (primary N) is 1. The van der Waals surface area contributed by atoms with Crippen molar-refractivity contribution >= 4 is 29.2 Å². The fourth-order valence-electron chi connectivity index (χ4n) is 5.97. The summed E-state index contributed by atoms with van der Waals surface area (Å²) in [5, 5.41) is 2.87. The van der Waals surface area contributed by atoms with Crippen LogP contribution in [-0.2, 0) is 16.1 Å². The summed E-state index contributed by atoms with van der Waals surface area (Å²) in [4.78, 5) is 52.6. The first-order valence-corrected chi connectivity index (χ1v) is 15.3. The molecule has 2 saturated heterocycles. The molecule has 0 atom stereocenters. The molecule has 2 fully saturated rings. The lowest BCUT2D eigenvalue weighted by atomic mass is 9.94. The second-order valence-electron chi connectivity index (χ2n) is 13.2. The molecular weight excluding hydrogens is 581 g/mol. The van der Waals surface area contributed by atoms with Crippen LogP contribution in [0, 0.1) is 0 Å². The zero-order valence-electron chi connectivity index (χ0n) is 26.5. The van der Waals surface area contributed by atoms with Crippen LogP contribution in [0.15, 0.2) is 36.8 Å². The van der Waals surface area contributed by atoms with E-state index >= 15 is 4.39 Å². The van der Waals surface area contributed by atoms with Crippen molar-refractivity contribution in [3.05, 3.63) is 53.7 Å². The van der Waals surface area contributed by atoms with Gasteiger partial charge in [-0.3, -0.25) is 14.5 Å². The highest BCUT2D eigenvalue weighted by Gasteiger charge is 2.48. The molecule has 3 N–H and O–H groups in total. The number of nitrogens with zero attached hydrogens (tertiary/aromatic N) is 5. The van der Waals surface area contributed by atoms with Gasteiger partial charge in [-0.05, 0) is 71.2 Å². The lowest BCUT2D eigenvalue weighted by Crippen LogP contribution is -2.66. The molecule has 242 valence electrons. The number of anilines is 1. The van der Waals surface area contributed by atoms with Crippen molar-refractivity contribution < 1.29 is 28.2 Å². The molecule has 0 radical (unpaired) electrons. The van der Waals surface area contributed by atoms with Crippen LogP contribution < -0.4 is 15.8 Å². The molecule has 3 aliphatic heterocycles. The number of fused-ring (bicyclic) bond motifs is 1. The monoisotopic (exact) mass is 623 g/mol. The van der Waals surface area contributed by atoms with Crippen molar-refractivity contribution in [2.24, 2.45) is 5.73 Å². The van der Waals surface area contributed by atoms with Crippen molar-refractivity contribution in [2.45, 2.75) is 77.4 Å². The predicted octanol–water partition coefficient (Wildman–Crippen LogP) is 3.58. The number of carbonyl (C=O) groups is 3. The van der Waals surface area contributed by atoms with Gasteiger partial charge < -0.3 is 30.3 Å². The molecule has 1 aromatic heterocycles. The Kier molecular flexibility index (Phi) is 9.02. The van der Waals surface area contributed by atoms with Gasteiger partial charge in [-0.2, -0.15) is 0 Å². The van der Waals surface area contributed by atoms with Crippen LogP contribution in [0.25, 0.3) is 5.57 Å². The minimum atomic E-state index is -1.47. The van der Waals surface area contributed by atoms with Crippen LogP contribution in [0.5, 0.6) is 5.75 Å². The Morgan fingerprint density at radius 3 is 2.44 bits per heavy atom. The van der Waals surface area contributed by atoms with Crippen molar-refractivity contribution in [3.8, 4) is 5.75 Å². The molecule has 3 amide bonds. The maximum Gasteiger partial charge on any atom is 0.410 e. The minimum absolute atomic E-state index is 0.00845. The van der Waals surface area contributed by atoms with Gasteiger partial charge in [-0.25, -0.2) is 19.2 Å². The van der Waals surface area contributed by atoms with Crippen molar-refractivity contribution in [1.82, 2.24) is 24.7 Å². The number of hydrogen-bond donors (Lipinski definition) is 2. The Hall–Kier alpha value is -4.26. The molecule has 3 aliphatic rings. The maximum absolute atomic E-state index is 15.4. The number of rotatable bonds is 8. The first kappa shape index (κ1) is 32.1. The molecule has 45 heavy (non-hydrogen) atoms. The smallest absolute Gasteiger partial charge is 0.410 e. The molecule has 0 unspecified atom stereocenters. The zero-order chi connectivity index (χ0) is 32.5. The first-order valence-electron chi connectivity index (χ1n) is 15.3. The minimum Gasteiger partial charge on any atom is -0.489 e. The molecule has 13 heteroatoms. The van der Waals surface area contributed by atoms with E-state index in [1.807, 2.05) is 18.7 Å². The van der Waals surface area contributed by atoms with E-state index in [2.05, 4.69) is 20.2 Å². The zero-order valence-corrected chi connectivity index (χ0v) is 26.5. The summed E-state index contributed by atoms with van der Waals surface area (Å²) in [6.07, 6.45) is 4.91. The van der Waals surface area contributed by atoms with Crippen molar-refractivity contribution in [1.29, 1.82) is 0 Å². The number of halogens is 1. The van der Waals surface area contributed by atoms with Gasteiger partial charge >= 0.3 is 6.09 Å². The number of likely N-dealkylation sites (tertiary alicyclic amines) is 2. The summed E-state index contributed by atoms with van der Waals surface area (Å²) in [7, 11) is 0. The van der Waals surface area contributed by atoms with Crippen LogP contribution in [0.3, 0.4) is 0 Å². The van der Waals surface area contributed by atoms with Gasteiger partial charge in [0.2, 0.25) is 0 Å². The average Bonchev–Trinajstić information content (AvgIpc) is 3.27. The number of alkyl halides is 1. The molecule has 2 aromatic rings. The summed E-state index contributed by atoms with van der Waals surface area (Å²) in [6, 6.07) is 5.10. The third-order valence-electron chi connectivity index (χ3n) is 7.97. The van der Waals surface area contributed by atoms with E-state index in [1.54, 1.807) is 39.0 Å². The van der Waals surface area contributed by atoms with Gasteiger partial charge in [0.1, 0.15) is 11.4 Å². The van der Waals surface area contributed by atoms with E-state index < -0.39 is 23.3 Å². The Bertz CT molecular complexity index is 1460. The maximum atomic E-state index is 15.4. The van der Waals surface area contributed by atoms with E-state index in [9.17, 15) is 14.4 Å². The highest BCUT2D eigenvalue weighted by molar-refractivity contribution is 6.24. The van der Waals surface area contributed by atoms with Crippen molar-refractivity contribution in [3.63, 3.8) is 0 Å². The molecular formula is C32H42FN7O5. The number of hydrogen-bond acceptors (Lipinski definition) is 9.